The minimum Gasteiger partial charge on any atom is -0.497 e. The molecule has 0 bridgehead atoms. The van der Waals surface area contributed by atoms with Crippen molar-refractivity contribution >= 4 is 28.4 Å². The van der Waals surface area contributed by atoms with Crippen LogP contribution in [0.25, 0.3) is 27.9 Å². The van der Waals surface area contributed by atoms with Crippen LogP contribution < -0.4 is 9.64 Å². The molecular formula is C26H24N6O3. The Bertz CT molecular complexity index is 1490. The van der Waals surface area contributed by atoms with Gasteiger partial charge in [0.1, 0.15) is 12.0 Å². The quantitative estimate of drug-likeness (QED) is 0.395. The summed E-state index contributed by atoms with van der Waals surface area (Å²) < 4.78 is 12.4. The molecular weight excluding hydrogens is 444 g/mol. The van der Waals surface area contributed by atoms with Crippen LogP contribution in [0, 0.1) is 0 Å². The number of aromatic nitrogens is 4. The molecule has 35 heavy (non-hydrogen) atoms. The van der Waals surface area contributed by atoms with Crippen LogP contribution in [0.1, 0.15) is 16.8 Å². The molecule has 0 radical (unpaired) electrons. The molecule has 3 aromatic heterocycles. The van der Waals surface area contributed by atoms with Crippen LogP contribution in [0.15, 0.2) is 71.5 Å². The lowest BCUT2D eigenvalue weighted by Gasteiger charge is -2.24. The number of furan rings is 1. The second-order valence-corrected chi connectivity index (χ2v) is 8.48. The van der Waals surface area contributed by atoms with E-state index in [0.29, 0.717) is 31.0 Å². The standard InChI is InChI=1S/C26H24N6O3/c1-34-20-9-7-18(8-10-20)23-28-29-24-21-5-2-3-6-22(21)27-26(32(23)24)31-13-4-12-30(14-15-31)25(33)19-11-16-35-17-19/h2-3,5-11,16-17H,4,12-15H2,1H3. The number of carbonyl (C=O) groups is 1. The zero-order chi connectivity index (χ0) is 23.8. The summed E-state index contributed by atoms with van der Waals surface area (Å²) in [7, 11) is 1.65. The first-order valence-corrected chi connectivity index (χ1v) is 11.6. The second-order valence-electron chi connectivity index (χ2n) is 8.48. The third kappa shape index (κ3) is 3.74. The topological polar surface area (TPSA) is 89.0 Å². The van der Waals surface area contributed by atoms with Crippen LogP contribution in [0.4, 0.5) is 5.95 Å². The van der Waals surface area contributed by atoms with Crippen molar-refractivity contribution in [3.63, 3.8) is 0 Å². The minimum absolute atomic E-state index is 0.0135. The smallest absolute Gasteiger partial charge is 0.257 e. The van der Waals surface area contributed by atoms with Gasteiger partial charge in [0.2, 0.25) is 5.95 Å². The molecule has 2 aromatic carbocycles. The van der Waals surface area contributed by atoms with E-state index < -0.39 is 0 Å². The molecule has 0 N–H and O–H groups in total. The van der Waals surface area contributed by atoms with E-state index in [1.54, 1.807) is 13.2 Å². The highest BCUT2D eigenvalue weighted by Gasteiger charge is 2.25. The van der Waals surface area contributed by atoms with Crippen molar-refractivity contribution in [2.45, 2.75) is 6.42 Å². The van der Waals surface area contributed by atoms with E-state index in [-0.39, 0.29) is 5.91 Å². The summed E-state index contributed by atoms with van der Waals surface area (Å²) in [5.74, 6) is 2.25. The number of amides is 1. The summed E-state index contributed by atoms with van der Waals surface area (Å²) in [4.78, 5) is 22.0. The maximum atomic E-state index is 12.9. The number of fused-ring (bicyclic) bond motifs is 3. The summed E-state index contributed by atoms with van der Waals surface area (Å²) >= 11 is 0. The Kier molecular flexibility index (Phi) is 5.29. The van der Waals surface area contributed by atoms with E-state index in [1.807, 2.05) is 57.8 Å². The third-order valence-electron chi connectivity index (χ3n) is 6.41. The number of para-hydroxylation sites is 1. The number of carbonyl (C=O) groups excluding carboxylic acids is 1. The fourth-order valence-corrected chi connectivity index (χ4v) is 4.59. The number of hydrogen-bond donors (Lipinski definition) is 0. The Morgan fingerprint density at radius 2 is 1.83 bits per heavy atom. The Labute approximate surface area is 201 Å². The van der Waals surface area contributed by atoms with Crippen LogP contribution in [-0.4, -0.2) is 63.7 Å². The van der Waals surface area contributed by atoms with Gasteiger partial charge in [-0.05, 0) is 48.9 Å². The van der Waals surface area contributed by atoms with Crippen molar-refractivity contribution in [3.05, 3.63) is 72.7 Å². The van der Waals surface area contributed by atoms with E-state index in [1.165, 1.54) is 12.5 Å². The maximum absolute atomic E-state index is 12.9. The molecule has 1 saturated heterocycles. The number of hydrogen-bond acceptors (Lipinski definition) is 7. The van der Waals surface area contributed by atoms with Gasteiger partial charge in [-0.1, -0.05) is 12.1 Å². The van der Waals surface area contributed by atoms with Gasteiger partial charge in [0.25, 0.3) is 5.91 Å². The van der Waals surface area contributed by atoms with Gasteiger partial charge in [-0.15, -0.1) is 10.2 Å². The Morgan fingerprint density at radius 1 is 0.971 bits per heavy atom. The van der Waals surface area contributed by atoms with Gasteiger partial charge < -0.3 is 19.0 Å². The summed E-state index contributed by atoms with van der Waals surface area (Å²) in [6.45, 7) is 2.66. The second kappa shape index (κ2) is 8.75. The van der Waals surface area contributed by atoms with E-state index in [0.717, 1.165) is 46.8 Å². The average molecular weight is 469 g/mol. The fraction of sp³-hybridized carbons (Fsp3) is 0.231. The number of nitrogens with zero attached hydrogens (tertiary/aromatic N) is 6. The van der Waals surface area contributed by atoms with Crippen molar-refractivity contribution in [2.24, 2.45) is 0 Å². The highest BCUT2D eigenvalue weighted by Crippen LogP contribution is 2.29. The summed E-state index contributed by atoms with van der Waals surface area (Å²) in [6.07, 6.45) is 3.84. The van der Waals surface area contributed by atoms with Crippen LogP contribution >= 0.6 is 0 Å². The van der Waals surface area contributed by atoms with Crippen molar-refractivity contribution in [1.29, 1.82) is 0 Å². The van der Waals surface area contributed by atoms with Gasteiger partial charge in [-0.25, -0.2) is 9.38 Å². The number of rotatable bonds is 4. The molecule has 0 spiro atoms. The Balaban J connectivity index is 1.42. The largest absolute Gasteiger partial charge is 0.497 e. The number of ether oxygens (including phenoxy) is 1. The molecule has 5 aromatic rings. The molecule has 1 fully saturated rings. The molecule has 9 nitrogen and oxygen atoms in total. The minimum atomic E-state index is -0.0135. The van der Waals surface area contributed by atoms with Crippen LogP contribution in [0.2, 0.25) is 0 Å². The first-order valence-electron chi connectivity index (χ1n) is 11.6. The normalized spacial score (nSPS) is 14.4. The van der Waals surface area contributed by atoms with Crippen LogP contribution in [0.3, 0.4) is 0 Å². The number of anilines is 1. The lowest BCUT2D eigenvalue weighted by atomic mass is 10.2. The molecule has 4 heterocycles. The average Bonchev–Trinajstić information content (AvgIpc) is 3.54. The van der Waals surface area contributed by atoms with Crippen LogP contribution in [-0.2, 0) is 0 Å². The maximum Gasteiger partial charge on any atom is 0.257 e. The molecule has 0 aliphatic carbocycles. The molecule has 1 aliphatic heterocycles. The SMILES string of the molecule is COc1ccc(-c2nnc3c4ccccc4nc(N4CCCN(C(=O)c5ccoc5)CC4)n23)cc1. The first kappa shape index (κ1) is 21.2. The van der Waals surface area contributed by atoms with E-state index in [4.69, 9.17) is 14.1 Å². The Morgan fingerprint density at radius 3 is 2.63 bits per heavy atom. The molecule has 0 saturated carbocycles. The predicted molar refractivity (Wildman–Crippen MR) is 132 cm³/mol. The molecule has 6 rings (SSSR count). The predicted octanol–water partition coefficient (Wildman–Crippen LogP) is 3.90. The molecule has 0 unspecified atom stereocenters. The van der Waals surface area contributed by atoms with Crippen molar-refractivity contribution in [2.75, 3.05) is 38.2 Å². The summed E-state index contributed by atoms with van der Waals surface area (Å²) in [5.41, 5.74) is 3.11. The van der Waals surface area contributed by atoms with Gasteiger partial charge in [-0.3, -0.25) is 4.79 Å². The molecule has 9 heteroatoms. The van der Waals surface area contributed by atoms with Gasteiger partial charge in [-0.2, -0.15) is 0 Å². The van der Waals surface area contributed by atoms with Gasteiger partial charge in [0.05, 0.1) is 24.5 Å². The lowest BCUT2D eigenvalue weighted by Crippen LogP contribution is -2.35. The van der Waals surface area contributed by atoms with Crippen LogP contribution in [0.5, 0.6) is 5.75 Å². The third-order valence-corrected chi connectivity index (χ3v) is 6.41. The summed E-state index contributed by atoms with van der Waals surface area (Å²) in [5, 5.41) is 10.1. The van der Waals surface area contributed by atoms with E-state index >= 15 is 0 Å². The molecule has 176 valence electrons. The zero-order valence-corrected chi connectivity index (χ0v) is 19.3. The number of benzene rings is 2. The van der Waals surface area contributed by atoms with E-state index in [2.05, 4.69) is 15.1 Å². The fourth-order valence-electron chi connectivity index (χ4n) is 4.59. The lowest BCUT2D eigenvalue weighted by molar-refractivity contribution is 0.0766. The zero-order valence-electron chi connectivity index (χ0n) is 19.3. The van der Waals surface area contributed by atoms with Gasteiger partial charge in [0.15, 0.2) is 11.5 Å². The monoisotopic (exact) mass is 468 g/mol. The van der Waals surface area contributed by atoms with Gasteiger partial charge >= 0.3 is 0 Å². The van der Waals surface area contributed by atoms with Gasteiger partial charge in [0, 0.05) is 37.1 Å². The van der Waals surface area contributed by atoms with E-state index in [9.17, 15) is 4.79 Å². The highest BCUT2D eigenvalue weighted by molar-refractivity contribution is 5.94. The molecule has 1 aliphatic rings. The van der Waals surface area contributed by atoms with Crippen molar-refractivity contribution in [1.82, 2.24) is 24.5 Å². The molecule has 0 atom stereocenters. The number of methoxy groups -OCH3 is 1. The van der Waals surface area contributed by atoms with Crippen molar-refractivity contribution < 1.29 is 13.9 Å². The van der Waals surface area contributed by atoms with Crippen molar-refractivity contribution in [3.8, 4) is 17.1 Å². The first-order chi connectivity index (χ1) is 17.2. The Hall–Kier alpha value is -4.40. The highest BCUT2D eigenvalue weighted by atomic mass is 16.5. The summed E-state index contributed by atoms with van der Waals surface area (Å²) in [6, 6.07) is 17.4. The molecule has 1 amide bonds.